The summed E-state index contributed by atoms with van der Waals surface area (Å²) >= 11 is 31.5. The van der Waals surface area contributed by atoms with E-state index in [1.165, 1.54) is 54.5 Å². The maximum Gasteiger partial charge on any atom is 1.00 e. The molecule has 0 bridgehead atoms. The molecule has 0 saturated carbocycles. The Labute approximate surface area is 672 Å². The van der Waals surface area contributed by atoms with Gasteiger partial charge in [-0.2, -0.15) is 12.4 Å². The predicted octanol–water partition coefficient (Wildman–Crippen LogP) is 1.55. The van der Waals surface area contributed by atoms with E-state index in [1.807, 2.05) is 41.5 Å². The number of aliphatic hydroxyl groups excluding tert-OH is 6. The van der Waals surface area contributed by atoms with Gasteiger partial charge < -0.3 is 102 Å². The SMILES string of the molecule is CC(=O)OCC1OC(OC(=N)C(Cl)(Cl)Cl)C(OC(C)=O)C(C)C1C.CC(=O)OCC1OC(OC(C)=O)C(OC(C)=O)C(C)C1C.CC(=O)OCC1OC(OCCCN=[N+]=[N-])C(OC(C)=O)C(C)C1C.CO.C[O-].N#CC(Cl)(Cl)Cl.NN.[N-]=[N+]=NCCCO.[N-]=[N+]=NCCCOC1OC(CO)C(O)C(O)C1O.[Na+]. The van der Waals surface area contributed by atoms with Crippen molar-refractivity contribution in [3.05, 3.63) is 31.3 Å². The molecule has 0 aromatic rings. The first-order valence-corrected chi connectivity index (χ1v) is 34.1. The van der Waals surface area contributed by atoms with Gasteiger partial charge in [-0.15, -0.1) is 0 Å². The van der Waals surface area contributed by atoms with Crippen LogP contribution in [0.15, 0.2) is 15.3 Å². The average molecular weight is 1680 g/mol. The molecule has 0 aromatic carbocycles. The van der Waals surface area contributed by atoms with Crippen LogP contribution in [-0.2, 0) is 99.9 Å². The molecule has 41 nitrogen and oxygen atoms in total. The first kappa shape index (κ1) is 113. The van der Waals surface area contributed by atoms with E-state index < -0.39 is 136 Å². The Balaban J connectivity index is -0.000000294. The minimum Gasteiger partial charge on any atom is -0.857 e. The average Bonchev–Trinajstić information content (AvgIpc) is 0.844. The molecular weight excluding hydrogens is 1570 g/mol. The summed E-state index contributed by atoms with van der Waals surface area (Å²) in [5.74, 6) is 3.62. The Morgan fingerprint density at radius 1 is 0.495 bits per heavy atom. The van der Waals surface area contributed by atoms with Gasteiger partial charge in [-0.25, -0.2) is 0 Å². The number of ether oxygens (including phenoxy) is 14. The monoisotopic (exact) mass is 1670 g/mol. The molecule has 20 unspecified atom stereocenters. The van der Waals surface area contributed by atoms with Gasteiger partial charge in [0, 0.05) is 121 Å². The molecule has 107 heavy (non-hydrogen) atoms. The maximum absolute atomic E-state index is 11.4. The van der Waals surface area contributed by atoms with Crippen LogP contribution in [0.2, 0.25) is 0 Å². The fraction of sp³-hybridized carbons (Fsp3) is 0.847. The zero-order valence-electron chi connectivity index (χ0n) is 62.3. The second kappa shape index (κ2) is 64.9. The summed E-state index contributed by atoms with van der Waals surface area (Å²) in [7, 11) is 1.75. The minimum absolute atomic E-state index is 0. The number of rotatable bonds is 25. The third kappa shape index (κ3) is 51.5. The molecule has 0 radical (unpaired) electrons. The zero-order chi connectivity index (χ0) is 83.2. The number of azide groups is 3. The molecule has 0 aliphatic carbocycles. The number of carbonyl (C=O) groups excluding carboxylic acids is 7. The third-order valence-electron chi connectivity index (χ3n) is 14.5. The molecule has 4 rings (SSSR count). The predicted molar refractivity (Wildman–Crippen MR) is 375 cm³/mol. The van der Waals surface area contributed by atoms with Crippen molar-refractivity contribution < 1.29 is 165 Å². The van der Waals surface area contributed by atoms with Crippen LogP contribution in [0, 0.1) is 52.2 Å². The molecule has 0 aromatic heterocycles. The van der Waals surface area contributed by atoms with Gasteiger partial charge in [0.1, 0.15) is 50.3 Å². The van der Waals surface area contributed by atoms with Gasteiger partial charge in [0.25, 0.3) is 7.59 Å². The molecule has 4 aliphatic heterocycles. The Bertz CT molecular complexity index is 2720. The maximum atomic E-state index is 11.4. The molecule has 4 heterocycles. The summed E-state index contributed by atoms with van der Waals surface area (Å²) in [6.45, 7) is 21.6. The Hall–Kier alpha value is -4.68. The van der Waals surface area contributed by atoms with Gasteiger partial charge in [-0.1, -0.05) is 126 Å². The third-order valence-corrected chi connectivity index (χ3v) is 15.3. The number of hydrogen-bond acceptors (Lipinski definition) is 35. The number of nitriles is 1. The molecule has 4 fully saturated rings. The van der Waals surface area contributed by atoms with E-state index in [9.17, 15) is 48.9 Å². The van der Waals surface area contributed by atoms with Gasteiger partial charge in [-0.05, 0) is 53.6 Å². The molecule has 4 saturated heterocycles. The molecule has 614 valence electrons. The van der Waals surface area contributed by atoms with Crippen LogP contribution in [0.4, 0.5) is 0 Å². The molecule has 20 atom stereocenters. The number of halogens is 6. The summed E-state index contributed by atoms with van der Waals surface area (Å²) in [5, 5.41) is 86.2. The van der Waals surface area contributed by atoms with Gasteiger partial charge in [-0.3, -0.25) is 50.7 Å². The van der Waals surface area contributed by atoms with Crippen LogP contribution in [0.3, 0.4) is 0 Å². The summed E-state index contributed by atoms with van der Waals surface area (Å²) in [4.78, 5) is 85.8. The zero-order valence-corrected chi connectivity index (χ0v) is 68.8. The smallest absolute Gasteiger partial charge is 0.857 e. The summed E-state index contributed by atoms with van der Waals surface area (Å²) in [6.07, 6.45) is -11.1. The van der Waals surface area contributed by atoms with Crippen molar-refractivity contribution in [2.24, 2.45) is 62.5 Å². The van der Waals surface area contributed by atoms with E-state index in [4.69, 9.17) is 184 Å². The van der Waals surface area contributed by atoms with Crippen molar-refractivity contribution in [3.8, 4) is 6.07 Å². The number of aliphatic hydroxyl groups is 6. The molecule has 4 aliphatic rings. The van der Waals surface area contributed by atoms with Crippen LogP contribution >= 0.6 is 69.6 Å². The Morgan fingerprint density at radius 3 is 1.07 bits per heavy atom. The van der Waals surface area contributed by atoms with Crippen LogP contribution in [0.1, 0.15) is 109 Å². The molecule has 48 heteroatoms. The number of nitrogens with two attached hydrogens (primary N) is 2. The topological polar surface area (TPSA) is 639 Å². The molecule has 0 spiro atoms. The number of esters is 7. The largest absolute Gasteiger partial charge is 1.00 e. The van der Waals surface area contributed by atoms with Crippen LogP contribution in [-0.4, -0.2) is 252 Å². The van der Waals surface area contributed by atoms with Crippen molar-refractivity contribution in [2.75, 3.05) is 80.1 Å². The van der Waals surface area contributed by atoms with E-state index >= 15 is 0 Å². The van der Waals surface area contributed by atoms with Crippen molar-refractivity contribution in [3.63, 3.8) is 0 Å². The van der Waals surface area contributed by atoms with Crippen LogP contribution in [0.5, 0.6) is 0 Å². The van der Waals surface area contributed by atoms with Crippen molar-refractivity contribution in [1.82, 2.24) is 0 Å². The number of hydrazine groups is 1. The van der Waals surface area contributed by atoms with Gasteiger partial charge >= 0.3 is 71.3 Å². The minimum atomic E-state index is -2.08. The Kier molecular flexibility index (Phi) is 68.7. The number of alkyl halides is 6. The first-order chi connectivity index (χ1) is 49.6. The molecule has 11 N–H and O–H groups in total. The summed E-state index contributed by atoms with van der Waals surface area (Å²) < 4.78 is 70.5. The van der Waals surface area contributed by atoms with E-state index in [1.54, 1.807) is 0 Å². The number of carbonyl (C=O) groups is 7. The number of nitrogens with zero attached hydrogens (tertiary/aromatic N) is 10. The molecule has 0 amide bonds. The van der Waals surface area contributed by atoms with E-state index in [-0.39, 0.29) is 117 Å². The quantitative estimate of drug-likeness (QED) is 0.00509. The molecular formula is C59H102Cl6N13NaO28. The second-order valence-electron chi connectivity index (χ2n) is 22.2. The number of hydrogen-bond donors (Lipinski definition) is 9. The van der Waals surface area contributed by atoms with Crippen molar-refractivity contribution in [1.29, 1.82) is 10.7 Å². The van der Waals surface area contributed by atoms with E-state index in [0.717, 1.165) is 14.2 Å². The summed E-state index contributed by atoms with van der Waals surface area (Å²) in [6, 6.07) is 1.40. The normalized spacial score (nSPS) is 27.0. The standard InChI is InChI=1S/C15H25N3O6.C14H20Cl3NO6.C14H22O7.C9H17N3O6.C3H7N3O.C2Cl3N.CH4O.CH3O.H4N2.Na/c1-9-10(2)14(23-12(4)20)15(21-7-5-6-17-18-16)24-13(9)8-22-11(3)19;1-6-7(2)11(22-9(4)20)12(24-13(18)14(15,16)17)23-10(6)5-21-8(3)19;1-7-8(2)13(19-10(4)16)14(20-11(5)17)21-12(7)6-18-9(3)15;10-12-11-2-1-3-17-9-8(16)7(15)6(14)5(4-13)18-9;4-6-5-2-1-3-7;3-2(4,5)1-6;3*1-2;/h9-10,13-15H,5-8H2,1-4H3;6-7,10-12,18H,5H2,1-4H3;7-8,12-14H,6H2,1-5H3;5-9,13-16H,1-4H2;7H,1-3H2;;2H,1H3;1H3;1-2H2;/q;;;;;;;-1;;+1. The second-order valence-corrected chi connectivity index (χ2v) is 26.7. The Morgan fingerprint density at radius 2 is 0.785 bits per heavy atom. The van der Waals surface area contributed by atoms with Crippen LogP contribution in [0.25, 0.3) is 31.3 Å². The summed E-state index contributed by atoms with van der Waals surface area (Å²) in [5.41, 5.74) is 24.0. The van der Waals surface area contributed by atoms with E-state index in [2.05, 4.69) is 41.8 Å². The van der Waals surface area contributed by atoms with E-state index in [0.29, 0.717) is 39.0 Å². The number of nitrogens with one attached hydrogen (secondary N) is 1. The van der Waals surface area contributed by atoms with Crippen molar-refractivity contribution >= 4 is 117 Å². The van der Waals surface area contributed by atoms with Gasteiger partial charge in [0.15, 0.2) is 30.9 Å². The van der Waals surface area contributed by atoms with Gasteiger partial charge in [0.2, 0.25) is 18.5 Å². The van der Waals surface area contributed by atoms with Gasteiger partial charge in [0.05, 0.1) is 31.5 Å². The van der Waals surface area contributed by atoms with Crippen molar-refractivity contribution in [2.45, 2.75) is 203 Å². The van der Waals surface area contributed by atoms with Crippen LogP contribution < -0.4 is 46.3 Å². The fourth-order valence-electron chi connectivity index (χ4n) is 8.83. The fourth-order valence-corrected chi connectivity index (χ4v) is 8.97. The first-order valence-electron chi connectivity index (χ1n) is 31.8.